The number of rotatable bonds is 1. The smallest absolute Gasteiger partial charge is 0.000869 e. The molecule has 2 N–H and O–H groups in total. The molecule has 6 aliphatic carbocycles. The summed E-state index contributed by atoms with van der Waals surface area (Å²) < 4.78 is 0. The normalized spacial score (nSPS) is 70.7. The van der Waals surface area contributed by atoms with Crippen molar-refractivity contribution in [3.05, 3.63) is 11.1 Å². The van der Waals surface area contributed by atoms with Crippen molar-refractivity contribution in [1.29, 1.82) is 0 Å². The van der Waals surface area contributed by atoms with Crippen LogP contribution >= 0.6 is 0 Å². The predicted molar refractivity (Wildman–Crippen MR) is 61.4 cm³/mol. The zero-order chi connectivity index (χ0) is 10.2. The van der Waals surface area contributed by atoms with Gasteiger partial charge in [-0.1, -0.05) is 11.1 Å². The fourth-order valence-corrected chi connectivity index (χ4v) is 7.41. The quantitative estimate of drug-likeness (QED) is 0.524. The van der Waals surface area contributed by atoms with Crippen LogP contribution in [0.1, 0.15) is 25.7 Å². The minimum Gasteiger partial charge on any atom is -0.330 e. The van der Waals surface area contributed by atoms with Gasteiger partial charge in [0.1, 0.15) is 0 Å². The first kappa shape index (κ1) is 7.92. The van der Waals surface area contributed by atoms with Gasteiger partial charge in [0.05, 0.1) is 0 Å². The van der Waals surface area contributed by atoms with E-state index in [1.54, 1.807) is 12.8 Å². The molecule has 8 unspecified atom stereocenters. The summed E-state index contributed by atoms with van der Waals surface area (Å²) in [7, 11) is 0. The Morgan fingerprint density at radius 3 is 2.50 bits per heavy atom. The Bertz CT molecular complexity index is 464. The second-order valence-electron chi connectivity index (χ2n) is 7.40. The molecule has 0 bridgehead atoms. The van der Waals surface area contributed by atoms with Gasteiger partial charge in [-0.3, -0.25) is 0 Å². The van der Waals surface area contributed by atoms with Crippen molar-refractivity contribution in [2.75, 3.05) is 6.54 Å². The van der Waals surface area contributed by atoms with Crippen LogP contribution < -0.4 is 5.73 Å². The SMILES string of the molecule is NCC12C3C4=C(CC4)C3C1C1C3CCC3C12. The molecule has 6 rings (SSSR count). The highest BCUT2D eigenvalue weighted by atomic mass is 14.9. The molecule has 0 aromatic rings. The van der Waals surface area contributed by atoms with Crippen molar-refractivity contribution in [2.45, 2.75) is 25.7 Å². The Morgan fingerprint density at radius 1 is 1.06 bits per heavy atom. The molecule has 0 aromatic heterocycles. The summed E-state index contributed by atoms with van der Waals surface area (Å²) in [5.41, 5.74) is 10.7. The van der Waals surface area contributed by atoms with Crippen molar-refractivity contribution in [1.82, 2.24) is 0 Å². The van der Waals surface area contributed by atoms with Gasteiger partial charge < -0.3 is 5.73 Å². The number of hydrogen-bond donors (Lipinski definition) is 1. The average Bonchev–Trinajstić information content (AvgIpc) is 2.22. The summed E-state index contributed by atoms with van der Waals surface area (Å²) in [6.45, 7) is 1.01. The van der Waals surface area contributed by atoms with Crippen molar-refractivity contribution in [2.24, 2.45) is 52.6 Å². The van der Waals surface area contributed by atoms with Crippen LogP contribution in [0, 0.1) is 46.8 Å². The molecule has 1 nitrogen and oxygen atoms in total. The molecule has 0 spiro atoms. The molecular formula is C15H19N. The van der Waals surface area contributed by atoms with Crippen LogP contribution in [0.25, 0.3) is 0 Å². The van der Waals surface area contributed by atoms with E-state index >= 15 is 0 Å². The van der Waals surface area contributed by atoms with Crippen molar-refractivity contribution in [3.8, 4) is 0 Å². The van der Waals surface area contributed by atoms with Crippen LogP contribution in [0.3, 0.4) is 0 Å². The fraction of sp³-hybridized carbons (Fsp3) is 0.867. The first-order valence-corrected chi connectivity index (χ1v) is 7.31. The van der Waals surface area contributed by atoms with E-state index in [9.17, 15) is 0 Å². The first-order valence-electron chi connectivity index (χ1n) is 7.31. The van der Waals surface area contributed by atoms with Gasteiger partial charge in [-0.05, 0) is 79.1 Å². The van der Waals surface area contributed by atoms with E-state index in [0.717, 1.165) is 42.1 Å². The standard InChI is InChI=1S/C15H19N/c16-5-15-12-8-3-1-6(8)10(12)14(15)11-7-2-4-9(7)13(11)15/h6,8,10-14H,1-5,16H2. The summed E-state index contributed by atoms with van der Waals surface area (Å²) >= 11 is 0. The van der Waals surface area contributed by atoms with E-state index in [1.165, 1.54) is 18.8 Å². The lowest BCUT2D eigenvalue weighted by molar-refractivity contribution is -0.391. The third kappa shape index (κ3) is 0.442. The molecule has 8 atom stereocenters. The van der Waals surface area contributed by atoms with Crippen LogP contribution in [0.15, 0.2) is 11.1 Å². The lowest BCUT2D eigenvalue weighted by Crippen LogP contribution is -2.87. The Morgan fingerprint density at radius 2 is 1.88 bits per heavy atom. The first-order chi connectivity index (χ1) is 7.89. The number of nitrogens with two attached hydrogens (primary N) is 1. The predicted octanol–water partition coefficient (Wildman–Crippen LogP) is 2.18. The van der Waals surface area contributed by atoms with E-state index in [4.69, 9.17) is 5.73 Å². The molecule has 6 aliphatic rings. The molecule has 0 aliphatic heterocycles. The van der Waals surface area contributed by atoms with Crippen molar-refractivity contribution >= 4 is 0 Å². The second-order valence-corrected chi connectivity index (χ2v) is 7.40. The Kier molecular flexibility index (Phi) is 0.961. The van der Waals surface area contributed by atoms with Gasteiger partial charge in [-0.25, -0.2) is 0 Å². The maximum absolute atomic E-state index is 6.22. The van der Waals surface area contributed by atoms with Gasteiger partial charge in [0.25, 0.3) is 0 Å². The fourth-order valence-electron chi connectivity index (χ4n) is 7.41. The van der Waals surface area contributed by atoms with E-state index in [0.29, 0.717) is 5.41 Å². The topological polar surface area (TPSA) is 26.0 Å². The Labute approximate surface area is 96.5 Å². The molecule has 16 heavy (non-hydrogen) atoms. The zero-order valence-electron chi connectivity index (χ0n) is 9.65. The second kappa shape index (κ2) is 1.94. The minimum atomic E-state index is 0.663. The number of allylic oxidation sites excluding steroid dienone is 2. The lowest BCUT2D eigenvalue weighted by atomic mass is 9.14. The molecule has 84 valence electrons. The number of fused-ring (bicyclic) bond motifs is 12. The molecule has 0 radical (unpaired) electrons. The minimum absolute atomic E-state index is 0.663. The maximum atomic E-state index is 6.22. The highest BCUT2D eigenvalue weighted by molar-refractivity contribution is 5.53. The van der Waals surface area contributed by atoms with Crippen LogP contribution in [-0.4, -0.2) is 6.54 Å². The Balaban J connectivity index is 1.49. The molecule has 0 saturated heterocycles. The number of hydrogen-bond acceptors (Lipinski definition) is 1. The molecule has 0 aromatic carbocycles. The van der Waals surface area contributed by atoms with E-state index in [1.807, 2.05) is 11.1 Å². The van der Waals surface area contributed by atoms with Crippen molar-refractivity contribution < 1.29 is 0 Å². The summed E-state index contributed by atoms with van der Waals surface area (Å²) in [5, 5.41) is 0. The van der Waals surface area contributed by atoms with E-state index in [2.05, 4.69) is 0 Å². The van der Waals surface area contributed by atoms with E-state index < -0.39 is 0 Å². The summed E-state index contributed by atoms with van der Waals surface area (Å²) in [4.78, 5) is 0. The largest absolute Gasteiger partial charge is 0.330 e. The van der Waals surface area contributed by atoms with Crippen LogP contribution in [0.5, 0.6) is 0 Å². The molecule has 4 fully saturated rings. The van der Waals surface area contributed by atoms with Crippen molar-refractivity contribution in [3.63, 3.8) is 0 Å². The van der Waals surface area contributed by atoms with Gasteiger partial charge in [0, 0.05) is 0 Å². The van der Waals surface area contributed by atoms with Crippen LogP contribution in [-0.2, 0) is 0 Å². The zero-order valence-corrected chi connectivity index (χ0v) is 9.65. The third-order valence-electron chi connectivity index (χ3n) is 7.94. The molecular weight excluding hydrogens is 194 g/mol. The lowest BCUT2D eigenvalue weighted by Gasteiger charge is -2.90. The Hall–Kier alpha value is -0.300. The van der Waals surface area contributed by atoms with Gasteiger partial charge >= 0.3 is 0 Å². The van der Waals surface area contributed by atoms with E-state index in [-0.39, 0.29) is 0 Å². The summed E-state index contributed by atoms with van der Waals surface area (Å²) in [6, 6.07) is 0. The third-order valence-corrected chi connectivity index (χ3v) is 7.94. The highest BCUT2D eigenvalue weighted by Crippen LogP contribution is 2.90. The molecule has 1 heteroatoms. The van der Waals surface area contributed by atoms with Crippen LogP contribution in [0.4, 0.5) is 0 Å². The van der Waals surface area contributed by atoms with Gasteiger partial charge in [-0.2, -0.15) is 0 Å². The monoisotopic (exact) mass is 213 g/mol. The van der Waals surface area contributed by atoms with Gasteiger partial charge in [0.15, 0.2) is 0 Å². The van der Waals surface area contributed by atoms with Crippen LogP contribution in [0.2, 0.25) is 0 Å². The van der Waals surface area contributed by atoms with Gasteiger partial charge in [0.2, 0.25) is 0 Å². The molecule has 0 heterocycles. The summed E-state index contributed by atoms with van der Waals surface area (Å²) in [5.74, 6) is 7.70. The maximum Gasteiger partial charge on any atom is -0.000869 e. The average molecular weight is 213 g/mol. The summed E-state index contributed by atoms with van der Waals surface area (Å²) in [6.07, 6.45) is 6.01. The van der Waals surface area contributed by atoms with Gasteiger partial charge in [-0.15, -0.1) is 0 Å². The molecule has 0 amide bonds. The molecule has 4 saturated carbocycles. The highest BCUT2D eigenvalue weighted by Gasteiger charge is 2.86.